The molecule has 0 radical (unpaired) electrons. The number of rotatable bonds is 0. The molecule has 2 N–H and O–H groups in total. The first kappa shape index (κ1) is 8.87. The molecule has 0 bridgehead atoms. The number of phenolic OH excluding ortho intramolecular Hbond substituents is 1. The Balaban J connectivity index is 2.60. The third kappa shape index (κ3) is 1.28. The molecule has 1 heterocycles. The number of carbonyl (C=O) groups is 1. The minimum Gasteiger partial charge on any atom is -0.507 e. The highest BCUT2D eigenvalue weighted by atomic mass is 16.5. The summed E-state index contributed by atoms with van der Waals surface area (Å²) in [4.78, 5) is 11.5. The number of nitrogens with one attached hydrogen (secondary N) is 1. The van der Waals surface area contributed by atoms with E-state index in [9.17, 15) is 9.90 Å². The van der Waals surface area contributed by atoms with Gasteiger partial charge >= 0.3 is 0 Å². The van der Waals surface area contributed by atoms with Gasteiger partial charge in [-0.3, -0.25) is 4.79 Å². The number of ether oxygens (including phenoxy) is 1. The summed E-state index contributed by atoms with van der Waals surface area (Å²) in [6, 6.07) is 3.43. The molecule has 0 fully saturated rings. The zero-order valence-corrected chi connectivity index (χ0v) is 7.83. The van der Waals surface area contributed by atoms with Crippen molar-refractivity contribution in [2.75, 3.05) is 13.2 Å². The van der Waals surface area contributed by atoms with Gasteiger partial charge < -0.3 is 15.2 Å². The fourth-order valence-corrected chi connectivity index (χ4v) is 1.43. The first-order valence-electron chi connectivity index (χ1n) is 4.43. The predicted octanol–water partition coefficient (Wildman–Crippen LogP) is 0.823. The fourth-order valence-electron chi connectivity index (χ4n) is 1.43. The highest BCUT2D eigenvalue weighted by Gasteiger charge is 2.21. The normalized spacial score (nSPS) is 15.1. The van der Waals surface area contributed by atoms with Crippen molar-refractivity contribution in [3.05, 3.63) is 23.3 Å². The van der Waals surface area contributed by atoms with Crippen LogP contribution in [0.1, 0.15) is 15.9 Å². The van der Waals surface area contributed by atoms with Gasteiger partial charge in [-0.15, -0.1) is 0 Å². The quantitative estimate of drug-likeness (QED) is 0.641. The molecule has 1 aliphatic rings. The van der Waals surface area contributed by atoms with Crippen LogP contribution in [0.15, 0.2) is 12.1 Å². The van der Waals surface area contributed by atoms with E-state index < -0.39 is 0 Å². The summed E-state index contributed by atoms with van der Waals surface area (Å²) in [6.07, 6.45) is 0. The van der Waals surface area contributed by atoms with E-state index in [-0.39, 0.29) is 17.2 Å². The number of fused-ring (bicyclic) bond motifs is 1. The van der Waals surface area contributed by atoms with E-state index in [1.165, 1.54) is 0 Å². The van der Waals surface area contributed by atoms with Gasteiger partial charge in [-0.1, -0.05) is 6.07 Å². The van der Waals surface area contributed by atoms with E-state index in [2.05, 4.69) is 5.32 Å². The molecular formula is C10H11NO3. The van der Waals surface area contributed by atoms with Crippen molar-refractivity contribution in [1.29, 1.82) is 0 Å². The molecule has 1 aromatic rings. The molecule has 14 heavy (non-hydrogen) atoms. The van der Waals surface area contributed by atoms with Gasteiger partial charge in [0.2, 0.25) is 0 Å². The second-order valence-corrected chi connectivity index (χ2v) is 3.21. The van der Waals surface area contributed by atoms with Crippen molar-refractivity contribution in [2.45, 2.75) is 6.92 Å². The molecule has 1 aromatic carbocycles. The summed E-state index contributed by atoms with van der Waals surface area (Å²) >= 11 is 0. The molecule has 0 spiro atoms. The van der Waals surface area contributed by atoms with Crippen LogP contribution in [0, 0.1) is 6.92 Å². The molecule has 1 aliphatic heterocycles. The number of hydrogen-bond acceptors (Lipinski definition) is 3. The second kappa shape index (κ2) is 3.21. The monoisotopic (exact) mass is 193 g/mol. The molecule has 0 unspecified atom stereocenters. The van der Waals surface area contributed by atoms with E-state index in [0.717, 1.165) is 0 Å². The molecule has 74 valence electrons. The Hall–Kier alpha value is -1.71. The van der Waals surface area contributed by atoms with Crippen LogP contribution in [0.25, 0.3) is 0 Å². The lowest BCUT2D eigenvalue weighted by atomic mass is 10.1. The number of carbonyl (C=O) groups excluding carboxylic acids is 1. The number of amides is 1. The smallest absolute Gasteiger partial charge is 0.258 e. The Bertz CT molecular complexity index is 387. The average molecular weight is 193 g/mol. The van der Waals surface area contributed by atoms with Crippen molar-refractivity contribution in [3.63, 3.8) is 0 Å². The van der Waals surface area contributed by atoms with Crippen LogP contribution in [0.5, 0.6) is 11.5 Å². The molecule has 2 rings (SSSR count). The van der Waals surface area contributed by atoms with Crippen molar-refractivity contribution < 1.29 is 14.6 Å². The lowest BCUT2D eigenvalue weighted by molar-refractivity contribution is 0.0954. The molecule has 0 aliphatic carbocycles. The lowest BCUT2D eigenvalue weighted by Gasteiger charge is -2.08. The zero-order valence-electron chi connectivity index (χ0n) is 7.83. The maximum atomic E-state index is 11.5. The average Bonchev–Trinajstić information content (AvgIpc) is 2.35. The molecular weight excluding hydrogens is 182 g/mol. The van der Waals surface area contributed by atoms with Crippen LogP contribution < -0.4 is 10.1 Å². The molecule has 0 saturated heterocycles. The minimum absolute atomic E-state index is 0.00176. The lowest BCUT2D eigenvalue weighted by Crippen LogP contribution is -2.24. The Morgan fingerprint density at radius 2 is 2.29 bits per heavy atom. The van der Waals surface area contributed by atoms with E-state index >= 15 is 0 Å². The zero-order chi connectivity index (χ0) is 10.1. The van der Waals surface area contributed by atoms with Crippen molar-refractivity contribution in [1.82, 2.24) is 5.32 Å². The number of aryl methyl sites for hydroxylation is 1. The molecule has 0 atom stereocenters. The van der Waals surface area contributed by atoms with Gasteiger partial charge in [0.1, 0.15) is 23.7 Å². The second-order valence-electron chi connectivity index (χ2n) is 3.21. The van der Waals surface area contributed by atoms with Gasteiger partial charge in [0.15, 0.2) is 0 Å². The summed E-state index contributed by atoms with van der Waals surface area (Å²) in [5.41, 5.74) is 0.909. The summed E-state index contributed by atoms with van der Waals surface area (Å²) < 4.78 is 5.31. The van der Waals surface area contributed by atoms with Gasteiger partial charge in [0.25, 0.3) is 5.91 Å². The summed E-state index contributed by atoms with van der Waals surface area (Å²) in [6.45, 7) is 2.64. The van der Waals surface area contributed by atoms with E-state index in [1.54, 1.807) is 19.1 Å². The van der Waals surface area contributed by atoms with Crippen LogP contribution >= 0.6 is 0 Å². The van der Waals surface area contributed by atoms with Crippen molar-refractivity contribution in [3.8, 4) is 11.5 Å². The van der Waals surface area contributed by atoms with Crippen LogP contribution in [-0.2, 0) is 0 Å². The number of benzene rings is 1. The van der Waals surface area contributed by atoms with Gasteiger partial charge in [0.05, 0.1) is 6.54 Å². The van der Waals surface area contributed by atoms with Gasteiger partial charge in [-0.2, -0.15) is 0 Å². The molecule has 0 aromatic heterocycles. The molecule has 1 amide bonds. The van der Waals surface area contributed by atoms with Crippen LogP contribution in [0.2, 0.25) is 0 Å². The van der Waals surface area contributed by atoms with Crippen LogP contribution in [0.3, 0.4) is 0 Å². The fraction of sp³-hybridized carbons (Fsp3) is 0.300. The number of phenols is 1. The van der Waals surface area contributed by atoms with Crippen molar-refractivity contribution in [2.24, 2.45) is 0 Å². The number of hydrogen-bond donors (Lipinski definition) is 2. The Morgan fingerprint density at radius 1 is 1.50 bits per heavy atom. The van der Waals surface area contributed by atoms with E-state index in [1.807, 2.05) is 0 Å². The standard InChI is InChI=1S/C10H11NO3/c1-6-2-3-7-8(9(6)12)10(13)11-4-5-14-7/h2-3,12H,4-5H2,1H3,(H,11,13). The topological polar surface area (TPSA) is 58.6 Å². The summed E-state index contributed by atoms with van der Waals surface area (Å²) in [7, 11) is 0. The summed E-state index contributed by atoms with van der Waals surface area (Å²) in [5.74, 6) is 0.170. The van der Waals surface area contributed by atoms with E-state index in [4.69, 9.17) is 4.74 Å². The summed E-state index contributed by atoms with van der Waals surface area (Å²) in [5, 5.41) is 12.3. The van der Waals surface area contributed by atoms with Gasteiger partial charge in [0, 0.05) is 0 Å². The van der Waals surface area contributed by atoms with Crippen molar-refractivity contribution >= 4 is 5.91 Å². The third-order valence-electron chi connectivity index (χ3n) is 2.21. The predicted molar refractivity (Wildman–Crippen MR) is 50.7 cm³/mol. The largest absolute Gasteiger partial charge is 0.507 e. The highest BCUT2D eigenvalue weighted by molar-refractivity contribution is 6.00. The van der Waals surface area contributed by atoms with Crippen LogP contribution in [-0.4, -0.2) is 24.2 Å². The molecule has 4 nitrogen and oxygen atoms in total. The van der Waals surface area contributed by atoms with E-state index in [0.29, 0.717) is 24.5 Å². The Kier molecular flexibility index (Phi) is 2.04. The molecule has 4 heteroatoms. The number of aromatic hydroxyl groups is 1. The highest BCUT2D eigenvalue weighted by Crippen LogP contribution is 2.31. The Labute approximate surface area is 81.5 Å². The maximum Gasteiger partial charge on any atom is 0.258 e. The maximum absolute atomic E-state index is 11.5. The Morgan fingerprint density at radius 3 is 3.07 bits per heavy atom. The third-order valence-corrected chi connectivity index (χ3v) is 2.21. The van der Waals surface area contributed by atoms with Gasteiger partial charge in [-0.05, 0) is 18.6 Å². The first-order valence-corrected chi connectivity index (χ1v) is 4.43. The molecule has 0 saturated carbocycles. The minimum atomic E-state index is -0.279. The van der Waals surface area contributed by atoms with Crippen LogP contribution in [0.4, 0.5) is 0 Å². The van der Waals surface area contributed by atoms with Gasteiger partial charge in [-0.25, -0.2) is 0 Å². The SMILES string of the molecule is Cc1ccc2c(c1O)C(=O)NCCO2. The first-order chi connectivity index (χ1) is 6.70.